The first-order valence-corrected chi connectivity index (χ1v) is 7.48. The van der Waals surface area contributed by atoms with Crippen LogP contribution in [0.25, 0.3) is 11.1 Å². The molecule has 1 aliphatic carbocycles. The van der Waals surface area contributed by atoms with E-state index in [0.29, 0.717) is 0 Å². The maximum atomic E-state index is 11.7. The molecule has 0 heterocycles. The fraction of sp³-hybridized carbons (Fsp3) is 0.100. The SMILES string of the molecule is C=CC(=O)OCc1ccc2c(c1)C(OC(=O)C=C)c1ccccc1-2. The fourth-order valence-corrected chi connectivity index (χ4v) is 2.81. The summed E-state index contributed by atoms with van der Waals surface area (Å²) in [7, 11) is 0. The second-order valence-electron chi connectivity index (χ2n) is 5.34. The van der Waals surface area contributed by atoms with E-state index in [1.165, 1.54) is 0 Å². The van der Waals surface area contributed by atoms with Crippen LogP contribution in [0.3, 0.4) is 0 Å². The van der Waals surface area contributed by atoms with Gasteiger partial charge in [-0.05, 0) is 22.8 Å². The summed E-state index contributed by atoms with van der Waals surface area (Å²) in [6.45, 7) is 6.96. The van der Waals surface area contributed by atoms with Crippen molar-refractivity contribution in [1.29, 1.82) is 0 Å². The third-order valence-corrected chi connectivity index (χ3v) is 3.88. The van der Waals surface area contributed by atoms with Crippen molar-refractivity contribution in [2.24, 2.45) is 0 Å². The molecule has 0 N–H and O–H groups in total. The molecule has 0 saturated carbocycles. The van der Waals surface area contributed by atoms with Crippen LogP contribution in [0.2, 0.25) is 0 Å². The number of esters is 2. The molecular weight excluding hydrogens is 304 g/mol. The van der Waals surface area contributed by atoms with Crippen molar-refractivity contribution in [2.75, 3.05) is 0 Å². The standard InChI is InChI=1S/C20H16O4/c1-3-18(21)23-12-13-9-10-15-14-7-5-6-8-16(14)20(17(15)11-13)24-19(22)4-2/h3-11,20H,1-2,12H2. The van der Waals surface area contributed by atoms with E-state index in [-0.39, 0.29) is 6.61 Å². The zero-order valence-electron chi connectivity index (χ0n) is 13.0. The summed E-state index contributed by atoms with van der Waals surface area (Å²) < 4.78 is 10.6. The molecule has 4 nitrogen and oxygen atoms in total. The molecule has 0 aliphatic heterocycles. The molecule has 0 bridgehead atoms. The van der Waals surface area contributed by atoms with E-state index >= 15 is 0 Å². The minimum Gasteiger partial charge on any atom is -0.458 e. The predicted octanol–water partition coefficient (Wildman–Crippen LogP) is 3.71. The summed E-state index contributed by atoms with van der Waals surface area (Å²) in [6.07, 6.45) is 1.78. The number of ether oxygens (including phenoxy) is 2. The zero-order valence-corrected chi connectivity index (χ0v) is 13.0. The Bertz CT molecular complexity index is 835. The van der Waals surface area contributed by atoms with E-state index in [9.17, 15) is 9.59 Å². The van der Waals surface area contributed by atoms with Crippen molar-refractivity contribution in [3.8, 4) is 11.1 Å². The second kappa shape index (κ2) is 6.54. The summed E-state index contributed by atoms with van der Waals surface area (Å²) in [6, 6.07) is 13.5. The fourth-order valence-electron chi connectivity index (χ4n) is 2.81. The average molecular weight is 320 g/mol. The highest BCUT2D eigenvalue weighted by Gasteiger charge is 2.31. The minimum absolute atomic E-state index is 0.136. The third kappa shape index (κ3) is 2.86. The lowest BCUT2D eigenvalue weighted by molar-refractivity contribution is -0.141. The Labute approximate surface area is 140 Å². The van der Waals surface area contributed by atoms with Gasteiger partial charge in [-0.3, -0.25) is 0 Å². The summed E-state index contributed by atoms with van der Waals surface area (Å²) in [5.74, 6) is -0.959. The van der Waals surface area contributed by atoms with Crippen LogP contribution in [0.4, 0.5) is 0 Å². The van der Waals surface area contributed by atoms with Gasteiger partial charge in [0.1, 0.15) is 6.61 Å². The number of carbonyl (C=O) groups is 2. The number of hydrogen-bond donors (Lipinski definition) is 0. The lowest BCUT2D eigenvalue weighted by atomic mass is 10.0. The van der Waals surface area contributed by atoms with Gasteiger partial charge in [0, 0.05) is 23.3 Å². The van der Waals surface area contributed by atoms with Gasteiger partial charge >= 0.3 is 11.9 Å². The van der Waals surface area contributed by atoms with Gasteiger partial charge in [0.15, 0.2) is 6.10 Å². The van der Waals surface area contributed by atoms with Crippen LogP contribution in [0, 0.1) is 0 Å². The normalized spacial score (nSPS) is 14.2. The second-order valence-corrected chi connectivity index (χ2v) is 5.34. The molecule has 120 valence electrons. The van der Waals surface area contributed by atoms with Gasteiger partial charge in [-0.1, -0.05) is 49.6 Å². The van der Waals surface area contributed by atoms with Gasteiger partial charge in [0.25, 0.3) is 0 Å². The van der Waals surface area contributed by atoms with Crippen LogP contribution in [0.1, 0.15) is 22.8 Å². The topological polar surface area (TPSA) is 52.6 Å². The van der Waals surface area contributed by atoms with Crippen molar-refractivity contribution >= 4 is 11.9 Å². The van der Waals surface area contributed by atoms with Crippen LogP contribution in [0.15, 0.2) is 67.8 Å². The highest BCUT2D eigenvalue weighted by atomic mass is 16.5. The number of fused-ring (bicyclic) bond motifs is 3. The van der Waals surface area contributed by atoms with Crippen LogP contribution >= 0.6 is 0 Å². The average Bonchev–Trinajstić information content (AvgIpc) is 2.93. The van der Waals surface area contributed by atoms with Gasteiger partial charge in [-0.15, -0.1) is 0 Å². The molecule has 24 heavy (non-hydrogen) atoms. The van der Waals surface area contributed by atoms with E-state index < -0.39 is 18.0 Å². The van der Waals surface area contributed by atoms with E-state index in [2.05, 4.69) is 13.2 Å². The van der Waals surface area contributed by atoms with Gasteiger partial charge in [0.2, 0.25) is 0 Å². The van der Waals surface area contributed by atoms with Crippen LogP contribution in [0.5, 0.6) is 0 Å². The Morgan fingerprint density at radius 3 is 2.42 bits per heavy atom. The Kier molecular flexibility index (Phi) is 4.29. The largest absolute Gasteiger partial charge is 0.458 e. The monoisotopic (exact) mass is 320 g/mol. The Morgan fingerprint density at radius 2 is 1.67 bits per heavy atom. The molecule has 0 saturated heterocycles. The molecule has 0 amide bonds. The minimum atomic E-state index is -0.489. The quantitative estimate of drug-likeness (QED) is 0.622. The van der Waals surface area contributed by atoms with Crippen LogP contribution < -0.4 is 0 Å². The Morgan fingerprint density at radius 1 is 0.958 bits per heavy atom. The van der Waals surface area contributed by atoms with Gasteiger partial charge < -0.3 is 9.47 Å². The van der Waals surface area contributed by atoms with Crippen LogP contribution in [-0.4, -0.2) is 11.9 Å². The molecule has 2 aromatic carbocycles. The van der Waals surface area contributed by atoms with Crippen molar-refractivity contribution in [3.05, 3.63) is 84.5 Å². The highest BCUT2D eigenvalue weighted by Crippen LogP contribution is 2.45. The Balaban J connectivity index is 1.97. The molecule has 4 heteroatoms. The predicted molar refractivity (Wildman–Crippen MR) is 90.0 cm³/mol. The van der Waals surface area contributed by atoms with Gasteiger partial charge in [-0.2, -0.15) is 0 Å². The molecule has 1 atom stereocenters. The molecule has 1 aliphatic rings. The molecule has 0 radical (unpaired) electrons. The number of carbonyl (C=O) groups excluding carboxylic acids is 2. The maximum absolute atomic E-state index is 11.7. The summed E-state index contributed by atoms with van der Waals surface area (Å²) in [5, 5.41) is 0. The van der Waals surface area contributed by atoms with Crippen molar-refractivity contribution < 1.29 is 19.1 Å². The molecular formula is C20H16O4. The first-order valence-electron chi connectivity index (χ1n) is 7.48. The van der Waals surface area contributed by atoms with E-state index in [0.717, 1.165) is 40.0 Å². The lowest BCUT2D eigenvalue weighted by Gasteiger charge is -2.14. The summed E-state index contributed by atoms with van der Waals surface area (Å²) in [5.41, 5.74) is 4.66. The molecule has 0 fully saturated rings. The van der Waals surface area contributed by atoms with Crippen LogP contribution in [-0.2, 0) is 25.7 Å². The highest BCUT2D eigenvalue weighted by molar-refractivity contribution is 5.84. The number of rotatable bonds is 5. The summed E-state index contributed by atoms with van der Waals surface area (Å²) >= 11 is 0. The molecule has 0 aromatic heterocycles. The van der Waals surface area contributed by atoms with E-state index in [1.54, 1.807) is 0 Å². The molecule has 3 rings (SSSR count). The Hall–Kier alpha value is -3.14. The van der Waals surface area contributed by atoms with Crippen molar-refractivity contribution in [2.45, 2.75) is 12.7 Å². The number of hydrogen-bond acceptors (Lipinski definition) is 4. The van der Waals surface area contributed by atoms with E-state index in [1.807, 2.05) is 42.5 Å². The smallest absolute Gasteiger partial charge is 0.331 e. The van der Waals surface area contributed by atoms with Gasteiger partial charge in [0.05, 0.1) is 0 Å². The number of benzene rings is 2. The first kappa shape index (κ1) is 15.7. The van der Waals surface area contributed by atoms with Crippen molar-refractivity contribution in [3.63, 3.8) is 0 Å². The third-order valence-electron chi connectivity index (χ3n) is 3.88. The molecule has 1 unspecified atom stereocenters. The maximum Gasteiger partial charge on any atom is 0.331 e. The molecule has 0 spiro atoms. The summed E-state index contributed by atoms with van der Waals surface area (Å²) in [4.78, 5) is 22.9. The van der Waals surface area contributed by atoms with Gasteiger partial charge in [-0.25, -0.2) is 9.59 Å². The van der Waals surface area contributed by atoms with Crippen molar-refractivity contribution in [1.82, 2.24) is 0 Å². The van der Waals surface area contributed by atoms with E-state index in [4.69, 9.17) is 9.47 Å². The first-order chi connectivity index (χ1) is 11.6. The zero-order chi connectivity index (χ0) is 17.1. The lowest BCUT2D eigenvalue weighted by Crippen LogP contribution is -2.08. The molecule has 2 aromatic rings.